The number of nitrogens with zero attached hydrogens (tertiary/aromatic N) is 5. The standard InChI is InChI=1S/C26H32N6O3S/c1-3-24(25-28-29-30-32(25)16-21-7-5-11-35-21)31(17-22-8-6-12-36-22)15-19-13-18-14-20(34-4-2)9-10-23(18)27-26(19)33/h6,8-10,12-14,21,24H,3-5,7,11,15-17H2,1-2H3,(H,27,33)/t21-,24+/m1/s1. The van der Waals surface area contributed by atoms with E-state index >= 15 is 0 Å². The fourth-order valence-corrected chi connectivity index (χ4v) is 5.60. The van der Waals surface area contributed by atoms with Crippen LogP contribution in [0.2, 0.25) is 0 Å². The van der Waals surface area contributed by atoms with Crippen molar-refractivity contribution in [1.29, 1.82) is 0 Å². The summed E-state index contributed by atoms with van der Waals surface area (Å²) in [6.45, 7) is 7.28. The summed E-state index contributed by atoms with van der Waals surface area (Å²) in [5, 5.41) is 15.8. The fraction of sp³-hybridized carbons (Fsp3) is 0.462. The molecular weight excluding hydrogens is 476 g/mol. The number of aromatic amines is 1. The van der Waals surface area contributed by atoms with Crippen molar-refractivity contribution in [2.75, 3.05) is 13.2 Å². The molecule has 1 N–H and O–H groups in total. The quantitative estimate of drug-likeness (QED) is 0.322. The van der Waals surface area contributed by atoms with Crippen molar-refractivity contribution in [3.05, 3.63) is 68.4 Å². The normalized spacial score (nSPS) is 16.7. The smallest absolute Gasteiger partial charge is 0.252 e. The lowest BCUT2D eigenvalue weighted by Gasteiger charge is -2.30. The van der Waals surface area contributed by atoms with E-state index in [-0.39, 0.29) is 17.7 Å². The highest BCUT2D eigenvalue weighted by atomic mass is 32.1. The molecule has 0 saturated carbocycles. The van der Waals surface area contributed by atoms with Gasteiger partial charge in [-0.2, -0.15) is 0 Å². The van der Waals surface area contributed by atoms with E-state index in [9.17, 15) is 4.79 Å². The van der Waals surface area contributed by atoms with E-state index in [1.807, 2.05) is 35.9 Å². The minimum atomic E-state index is -0.0864. The molecule has 9 nitrogen and oxygen atoms in total. The van der Waals surface area contributed by atoms with Crippen LogP contribution in [0, 0.1) is 0 Å². The summed E-state index contributed by atoms with van der Waals surface area (Å²) in [6.07, 6.45) is 3.03. The minimum Gasteiger partial charge on any atom is -0.494 e. The molecule has 190 valence electrons. The van der Waals surface area contributed by atoms with Crippen LogP contribution in [-0.2, 0) is 24.4 Å². The number of rotatable bonds is 11. The molecule has 1 aliphatic heterocycles. The number of H-pyrrole nitrogens is 1. The molecule has 1 fully saturated rings. The minimum absolute atomic E-state index is 0.0617. The second-order valence-electron chi connectivity index (χ2n) is 9.07. The number of ether oxygens (including phenoxy) is 2. The van der Waals surface area contributed by atoms with Crippen molar-refractivity contribution in [2.24, 2.45) is 0 Å². The van der Waals surface area contributed by atoms with E-state index < -0.39 is 0 Å². The number of benzene rings is 1. The highest BCUT2D eigenvalue weighted by molar-refractivity contribution is 7.09. The van der Waals surface area contributed by atoms with Gasteiger partial charge in [-0.3, -0.25) is 9.69 Å². The summed E-state index contributed by atoms with van der Waals surface area (Å²) in [4.78, 5) is 19.7. The van der Waals surface area contributed by atoms with E-state index in [1.165, 1.54) is 4.88 Å². The summed E-state index contributed by atoms with van der Waals surface area (Å²) in [7, 11) is 0. The Bertz CT molecular complexity index is 1330. The zero-order chi connectivity index (χ0) is 24.9. The first-order valence-corrected chi connectivity index (χ1v) is 13.5. The number of aromatic nitrogens is 5. The predicted molar refractivity (Wildman–Crippen MR) is 139 cm³/mol. The van der Waals surface area contributed by atoms with E-state index in [1.54, 1.807) is 11.3 Å². The molecule has 0 unspecified atom stereocenters. The molecule has 1 aliphatic rings. The maximum absolute atomic E-state index is 13.1. The molecule has 4 aromatic rings. The maximum Gasteiger partial charge on any atom is 0.252 e. The van der Waals surface area contributed by atoms with E-state index in [0.29, 0.717) is 31.8 Å². The Balaban J connectivity index is 1.48. The van der Waals surface area contributed by atoms with Gasteiger partial charge < -0.3 is 14.5 Å². The van der Waals surface area contributed by atoms with Gasteiger partial charge in [0.1, 0.15) is 5.75 Å². The second kappa shape index (κ2) is 11.3. The van der Waals surface area contributed by atoms with Crippen LogP contribution in [0.15, 0.2) is 46.6 Å². The van der Waals surface area contributed by atoms with Crippen LogP contribution in [0.5, 0.6) is 5.75 Å². The number of fused-ring (bicyclic) bond motifs is 1. The van der Waals surface area contributed by atoms with Crippen LogP contribution >= 0.6 is 11.3 Å². The first-order valence-electron chi connectivity index (χ1n) is 12.6. The lowest BCUT2D eigenvalue weighted by Crippen LogP contribution is -2.33. The molecule has 0 aliphatic carbocycles. The first kappa shape index (κ1) is 24.6. The van der Waals surface area contributed by atoms with Gasteiger partial charge in [-0.15, -0.1) is 16.4 Å². The first-order chi connectivity index (χ1) is 17.6. The Hall–Kier alpha value is -3.08. The van der Waals surface area contributed by atoms with E-state index in [2.05, 4.69) is 49.8 Å². The molecule has 36 heavy (non-hydrogen) atoms. The zero-order valence-corrected chi connectivity index (χ0v) is 21.5. The lowest BCUT2D eigenvalue weighted by atomic mass is 10.1. The number of nitrogens with one attached hydrogen (secondary N) is 1. The van der Waals surface area contributed by atoms with Crippen molar-refractivity contribution in [3.63, 3.8) is 0 Å². The molecule has 2 atom stereocenters. The molecule has 0 amide bonds. The predicted octanol–water partition coefficient (Wildman–Crippen LogP) is 4.31. The van der Waals surface area contributed by atoms with Crippen molar-refractivity contribution in [2.45, 2.75) is 64.9 Å². The average Bonchev–Trinajstić information content (AvgIpc) is 3.65. The number of hydrogen-bond acceptors (Lipinski definition) is 8. The maximum atomic E-state index is 13.1. The molecule has 4 heterocycles. The van der Waals surface area contributed by atoms with Gasteiger partial charge in [0.25, 0.3) is 5.56 Å². The van der Waals surface area contributed by atoms with Crippen molar-refractivity contribution < 1.29 is 9.47 Å². The summed E-state index contributed by atoms with van der Waals surface area (Å²) in [6, 6.07) is 11.8. The number of thiophene rings is 1. The van der Waals surface area contributed by atoms with Crippen LogP contribution < -0.4 is 10.3 Å². The Labute approximate surface area is 214 Å². The summed E-state index contributed by atoms with van der Waals surface area (Å²) < 4.78 is 13.4. The van der Waals surface area contributed by atoms with Gasteiger partial charge in [0.15, 0.2) is 5.82 Å². The third-order valence-corrected chi connectivity index (χ3v) is 7.46. The van der Waals surface area contributed by atoms with Crippen LogP contribution in [-0.4, -0.2) is 49.4 Å². The Morgan fingerprint density at radius 3 is 2.94 bits per heavy atom. The summed E-state index contributed by atoms with van der Waals surface area (Å²) in [5.74, 6) is 1.60. The second-order valence-corrected chi connectivity index (χ2v) is 10.1. The zero-order valence-electron chi connectivity index (χ0n) is 20.7. The topological polar surface area (TPSA) is 98.2 Å². The van der Waals surface area contributed by atoms with Gasteiger partial charge >= 0.3 is 0 Å². The Morgan fingerprint density at radius 1 is 1.28 bits per heavy atom. The highest BCUT2D eigenvalue weighted by Gasteiger charge is 2.28. The van der Waals surface area contributed by atoms with Crippen LogP contribution in [0.4, 0.5) is 0 Å². The van der Waals surface area contributed by atoms with Crippen molar-refractivity contribution in [1.82, 2.24) is 30.1 Å². The average molecular weight is 509 g/mol. The summed E-state index contributed by atoms with van der Waals surface area (Å²) >= 11 is 1.71. The van der Waals surface area contributed by atoms with Gasteiger partial charge in [0.05, 0.1) is 25.3 Å². The van der Waals surface area contributed by atoms with Gasteiger partial charge in [-0.1, -0.05) is 13.0 Å². The van der Waals surface area contributed by atoms with E-state index in [0.717, 1.165) is 48.3 Å². The SMILES string of the molecule is CCOc1ccc2[nH]c(=O)c(CN(Cc3cccs3)[C@@H](CC)c3nnnn3C[C@H]3CCCO3)cc2c1. The van der Waals surface area contributed by atoms with Crippen LogP contribution in [0.3, 0.4) is 0 Å². The number of hydrogen-bond donors (Lipinski definition) is 1. The van der Waals surface area contributed by atoms with Crippen LogP contribution in [0.1, 0.15) is 55.4 Å². The van der Waals surface area contributed by atoms with Gasteiger partial charge in [0, 0.05) is 41.0 Å². The Morgan fingerprint density at radius 2 is 2.19 bits per heavy atom. The molecule has 5 rings (SSSR count). The molecule has 10 heteroatoms. The highest BCUT2D eigenvalue weighted by Crippen LogP contribution is 2.28. The largest absolute Gasteiger partial charge is 0.494 e. The molecular formula is C26H32N6O3S. The molecule has 1 aromatic carbocycles. The third-order valence-electron chi connectivity index (χ3n) is 6.60. The van der Waals surface area contributed by atoms with E-state index in [4.69, 9.17) is 9.47 Å². The van der Waals surface area contributed by atoms with Crippen molar-refractivity contribution >= 4 is 22.2 Å². The monoisotopic (exact) mass is 508 g/mol. The van der Waals surface area contributed by atoms with Crippen LogP contribution in [0.25, 0.3) is 10.9 Å². The van der Waals surface area contributed by atoms with Gasteiger partial charge in [0.2, 0.25) is 0 Å². The molecule has 0 spiro atoms. The number of tetrazole rings is 1. The molecule has 1 saturated heterocycles. The van der Waals surface area contributed by atoms with Gasteiger partial charge in [-0.05, 0) is 72.3 Å². The molecule has 0 bridgehead atoms. The Kier molecular flexibility index (Phi) is 7.74. The lowest BCUT2D eigenvalue weighted by molar-refractivity contribution is 0.0889. The van der Waals surface area contributed by atoms with Gasteiger partial charge in [-0.25, -0.2) is 4.68 Å². The molecule has 3 aromatic heterocycles. The van der Waals surface area contributed by atoms with Crippen molar-refractivity contribution in [3.8, 4) is 5.75 Å². The fourth-order valence-electron chi connectivity index (χ4n) is 4.87. The summed E-state index contributed by atoms with van der Waals surface area (Å²) in [5.41, 5.74) is 1.41. The third kappa shape index (κ3) is 5.50. The number of pyridine rings is 1. The molecule has 0 radical (unpaired) electrons.